The average Bonchev–Trinajstić information content (AvgIpc) is 3.14. The second-order valence-electron chi connectivity index (χ2n) is 5.28. The standard InChI is InChI=1S/C15H20N2O4S/c1-2-4-13(18)17-8-3-5-11(17)14(19)16-9-10-6-7-12(22-10)15(20)21/h6-7,11H,2-5,8-9H2,1H3,(H,16,19)(H,20,21). The minimum Gasteiger partial charge on any atom is -0.477 e. The van der Waals surface area contributed by atoms with Crippen molar-refractivity contribution < 1.29 is 19.5 Å². The van der Waals surface area contributed by atoms with E-state index in [1.165, 1.54) is 6.07 Å². The number of carboxylic acids is 1. The molecule has 22 heavy (non-hydrogen) atoms. The summed E-state index contributed by atoms with van der Waals surface area (Å²) in [5.74, 6) is -1.09. The number of likely N-dealkylation sites (tertiary alicyclic amines) is 1. The molecule has 0 aromatic carbocycles. The molecule has 0 aliphatic carbocycles. The maximum atomic E-state index is 12.3. The molecule has 2 rings (SSSR count). The van der Waals surface area contributed by atoms with Crippen molar-refractivity contribution in [2.45, 2.75) is 45.2 Å². The van der Waals surface area contributed by atoms with Crippen molar-refractivity contribution in [1.29, 1.82) is 0 Å². The molecule has 1 aromatic heterocycles. The van der Waals surface area contributed by atoms with E-state index in [0.29, 0.717) is 25.9 Å². The lowest BCUT2D eigenvalue weighted by atomic mass is 10.2. The van der Waals surface area contributed by atoms with Gasteiger partial charge in [-0.3, -0.25) is 9.59 Å². The summed E-state index contributed by atoms with van der Waals surface area (Å²) in [6, 6.07) is 2.84. The highest BCUT2D eigenvalue weighted by Crippen LogP contribution is 2.20. The molecule has 0 radical (unpaired) electrons. The van der Waals surface area contributed by atoms with Crippen molar-refractivity contribution in [1.82, 2.24) is 10.2 Å². The van der Waals surface area contributed by atoms with Gasteiger partial charge in [-0.2, -0.15) is 0 Å². The summed E-state index contributed by atoms with van der Waals surface area (Å²) in [5, 5.41) is 11.7. The van der Waals surface area contributed by atoms with Gasteiger partial charge in [0.2, 0.25) is 11.8 Å². The first-order valence-electron chi connectivity index (χ1n) is 7.42. The van der Waals surface area contributed by atoms with Gasteiger partial charge < -0.3 is 15.3 Å². The van der Waals surface area contributed by atoms with E-state index in [1.54, 1.807) is 11.0 Å². The van der Waals surface area contributed by atoms with Crippen LogP contribution in [0.25, 0.3) is 0 Å². The third-order valence-corrected chi connectivity index (χ3v) is 4.72. The molecule has 6 nitrogen and oxygen atoms in total. The third kappa shape index (κ3) is 3.85. The first kappa shape index (κ1) is 16.5. The van der Waals surface area contributed by atoms with Crippen LogP contribution in [0.2, 0.25) is 0 Å². The summed E-state index contributed by atoms with van der Waals surface area (Å²) in [7, 11) is 0. The van der Waals surface area contributed by atoms with Gasteiger partial charge in [-0.1, -0.05) is 6.92 Å². The fourth-order valence-electron chi connectivity index (χ4n) is 2.58. The summed E-state index contributed by atoms with van der Waals surface area (Å²) in [6.45, 7) is 2.88. The second-order valence-corrected chi connectivity index (χ2v) is 6.45. The largest absolute Gasteiger partial charge is 0.477 e. The van der Waals surface area contributed by atoms with Gasteiger partial charge >= 0.3 is 5.97 Å². The maximum Gasteiger partial charge on any atom is 0.345 e. The zero-order valence-corrected chi connectivity index (χ0v) is 13.3. The normalized spacial score (nSPS) is 17.5. The molecular formula is C15H20N2O4S. The van der Waals surface area contributed by atoms with Crippen molar-refractivity contribution in [3.8, 4) is 0 Å². The second kappa shape index (κ2) is 7.40. The Morgan fingerprint density at radius 1 is 1.41 bits per heavy atom. The van der Waals surface area contributed by atoms with Gasteiger partial charge in [0.25, 0.3) is 0 Å². The van der Waals surface area contributed by atoms with E-state index in [9.17, 15) is 14.4 Å². The summed E-state index contributed by atoms with van der Waals surface area (Å²) < 4.78 is 0. The van der Waals surface area contributed by atoms with Crippen molar-refractivity contribution in [2.24, 2.45) is 0 Å². The van der Waals surface area contributed by atoms with E-state index >= 15 is 0 Å². The topological polar surface area (TPSA) is 86.7 Å². The average molecular weight is 324 g/mol. The Kier molecular flexibility index (Phi) is 5.54. The number of carbonyl (C=O) groups excluding carboxylic acids is 2. The molecule has 1 aromatic rings. The lowest BCUT2D eigenvalue weighted by molar-refractivity contribution is -0.138. The molecule has 0 bridgehead atoms. The van der Waals surface area contributed by atoms with Crippen LogP contribution in [0, 0.1) is 0 Å². The van der Waals surface area contributed by atoms with Crippen LogP contribution in [0.4, 0.5) is 0 Å². The van der Waals surface area contributed by atoms with Crippen molar-refractivity contribution in [3.63, 3.8) is 0 Å². The number of hydrogen-bond acceptors (Lipinski definition) is 4. The fourth-order valence-corrected chi connectivity index (χ4v) is 3.36. The fraction of sp³-hybridized carbons (Fsp3) is 0.533. The number of hydrogen-bond donors (Lipinski definition) is 2. The minimum absolute atomic E-state index is 0.0319. The maximum absolute atomic E-state index is 12.3. The highest BCUT2D eigenvalue weighted by molar-refractivity contribution is 7.13. The molecule has 2 amide bonds. The SMILES string of the molecule is CCCC(=O)N1CCCC1C(=O)NCc1ccc(C(=O)O)s1. The van der Waals surface area contributed by atoms with Gasteiger partial charge in [0.05, 0.1) is 6.54 Å². The number of carbonyl (C=O) groups is 3. The Balaban J connectivity index is 1.90. The van der Waals surface area contributed by atoms with Gasteiger partial charge in [0.15, 0.2) is 0 Å². The predicted octanol–water partition coefficient (Wildman–Crippen LogP) is 1.85. The predicted molar refractivity (Wildman–Crippen MR) is 82.8 cm³/mol. The zero-order valence-electron chi connectivity index (χ0n) is 12.5. The van der Waals surface area contributed by atoms with Crippen LogP contribution in [0.1, 0.15) is 47.2 Å². The quantitative estimate of drug-likeness (QED) is 0.836. The smallest absolute Gasteiger partial charge is 0.345 e. The van der Waals surface area contributed by atoms with Gasteiger partial charge in [0.1, 0.15) is 10.9 Å². The molecule has 1 fully saturated rings. The number of aromatic carboxylic acids is 1. The number of thiophene rings is 1. The lowest BCUT2D eigenvalue weighted by Gasteiger charge is -2.23. The summed E-state index contributed by atoms with van der Waals surface area (Å²) in [5.41, 5.74) is 0. The molecule has 1 aliphatic rings. The van der Waals surface area contributed by atoms with Crippen molar-refractivity contribution >= 4 is 29.1 Å². The van der Waals surface area contributed by atoms with Gasteiger partial charge in [-0.15, -0.1) is 11.3 Å². The molecule has 1 aliphatic heterocycles. The molecule has 2 heterocycles. The Labute approximate surface area is 133 Å². The van der Waals surface area contributed by atoms with Crippen LogP contribution in [0.15, 0.2) is 12.1 Å². The zero-order chi connectivity index (χ0) is 16.1. The van der Waals surface area contributed by atoms with Gasteiger partial charge in [-0.05, 0) is 31.4 Å². The number of carboxylic acid groups (broad SMARTS) is 1. The van der Waals surface area contributed by atoms with Gasteiger partial charge in [0, 0.05) is 17.8 Å². The van der Waals surface area contributed by atoms with E-state index in [4.69, 9.17) is 5.11 Å². The molecule has 1 saturated heterocycles. The van der Waals surface area contributed by atoms with E-state index < -0.39 is 12.0 Å². The van der Waals surface area contributed by atoms with E-state index in [2.05, 4.69) is 5.32 Å². The van der Waals surface area contributed by atoms with Crippen LogP contribution in [0.3, 0.4) is 0 Å². The highest BCUT2D eigenvalue weighted by atomic mass is 32.1. The number of nitrogens with one attached hydrogen (secondary N) is 1. The van der Waals surface area contributed by atoms with Gasteiger partial charge in [-0.25, -0.2) is 4.79 Å². The monoisotopic (exact) mass is 324 g/mol. The van der Waals surface area contributed by atoms with E-state index in [-0.39, 0.29) is 16.7 Å². The first-order valence-corrected chi connectivity index (χ1v) is 8.23. The Morgan fingerprint density at radius 2 is 2.18 bits per heavy atom. The molecule has 0 spiro atoms. The minimum atomic E-state index is -0.963. The van der Waals surface area contributed by atoms with Crippen LogP contribution in [-0.2, 0) is 16.1 Å². The van der Waals surface area contributed by atoms with E-state index in [1.807, 2.05) is 6.92 Å². The molecule has 120 valence electrons. The summed E-state index contributed by atoms with van der Waals surface area (Å²) in [4.78, 5) is 37.8. The Bertz CT molecular complexity index is 570. The summed E-state index contributed by atoms with van der Waals surface area (Å²) in [6.07, 6.45) is 2.77. The third-order valence-electron chi connectivity index (χ3n) is 3.65. The van der Waals surface area contributed by atoms with Crippen LogP contribution < -0.4 is 5.32 Å². The summed E-state index contributed by atoms with van der Waals surface area (Å²) >= 11 is 1.15. The van der Waals surface area contributed by atoms with E-state index in [0.717, 1.165) is 29.1 Å². The molecule has 2 N–H and O–H groups in total. The molecule has 1 atom stereocenters. The van der Waals surface area contributed by atoms with Crippen molar-refractivity contribution in [2.75, 3.05) is 6.54 Å². The van der Waals surface area contributed by atoms with Crippen molar-refractivity contribution in [3.05, 3.63) is 21.9 Å². The molecule has 1 unspecified atom stereocenters. The van der Waals surface area contributed by atoms with Crippen LogP contribution in [-0.4, -0.2) is 40.4 Å². The molecule has 0 saturated carbocycles. The van der Waals surface area contributed by atoms with Crippen LogP contribution in [0.5, 0.6) is 0 Å². The first-order chi connectivity index (χ1) is 10.5. The molecule has 7 heteroatoms. The highest BCUT2D eigenvalue weighted by Gasteiger charge is 2.33. The number of rotatable bonds is 6. The Morgan fingerprint density at radius 3 is 2.82 bits per heavy atom. The number of amides is 2. The van der Waals surface area contributed by atoms with Crippen LogP contribution >= 0.6 is 11.3 Å². The lowest BCUT2D eigenvalue weighted by Crippen LogP contribution is -2.45. The molecular weight excluding hydrogens is 304 g/mol. The number of nitrogens with zero attached hydrogens (tertiary/aromatic N) is 1. The Hall–Kier alpha value is -1.89.